The molecule has 0 bridgehead atoms. The fourth-order valence-electron chi connectivity index (χ4n) is 3.50. The number of hydrogen-bond acceptors (Lipinski definition) is 3. The number of halogens is 1. The van der Waals surface area contributed by atoms with Crippen LogP contribution in [0.4, 0.5) is 4.39 Å². The van der Waals surface area contributed by atoms with Crippen molar-refractivity contribution in [3.63, 3.8) is 0 Å². The van der Waals surface area contributed by atoms with Gasteiger partial charge in [-0.15, -0.1) is 0 Å². The molecule has 5 nitrogen and oxygen atoms in total. The van der Waals surface area contributed by atoms with E-state index in [1.54, 1.807) is 16.9 Å². The lowest BCUT2D eigenvalue weighted by Gasteiger charge is -2.29. The van der Waals surface area contributed by atoms with Gasteiger partial charge in [-0.3, -0.25) is 9.69 Å². The summed E-state index contributed by atoms with van der Waals surface area (Å²) in [5.41, 5.74) is 2.51. The molecule has 0 spiro atoms. The van der Waals surface area contributed by atoms with Gasteiger partial charge in [-0.1, -0.05) is 13.0 Å². The van der Waals surface area contributed by atoms with E-state index in [1.165, 1.54) is 12.1 Å². The van der Waals surface area contributed by atoms with Crippen LogP contribution in [0.2, 0.25) is 0 Å². The van der Waals surface area contributed by atoms with Gasteiger partial charge in [0.25, 0.3) is 0 Å². The molecule has 6 heteroatoms. The van der Waals surface area contributed by atoms with Gasteiger partial charge in [-0.2, -0.15) is 5.10 Å². The Labute approximate surface area is 154 Å². The molecule has 26 heavy (non-hydrogen) atoms. The Morgan fingerprint density at radius 2 is 2.12 bits per heavy atom. The van der Waals surface area contributed by atoms with Gasteiger partial charge in [-0.05, 0) is 63.9 Å². The number of benzene rings is 1. The first-order valence-electron chi connectivity index (χ1n) is 9.26. The van der Waals surface area contributed by atoms with Crippen LogP contribution in [0.5, 0.6) is 0 Å². The largest absolute Gasteiger partial charge is 0.348 e. The lowest BCUT2D eigenvalue weighted by atomic mass is 9.99. The normalized spacial score (nSPS) is 17.2. The number of aromatic nitrogens is 2. The van der Waals surface area contributed by atoms with Crippen LogP contribution >= 0.6 is 0 Å². The van der Waals surface area contributed by atoms with Crippen LogP contribution in [0, 0.1) is 18.7 Å². The van der Waals surface area contributed by atoms with Gasteiger partial charge in [0.2, 0.25) is 5.91 Å². The smallest absolute Gasteiger partial charge is 0.234 e. The molecule has 0 aliphatic carbocycles. The van der Waals surface area contributed by atoms with E-state index < -0.39 is 0 Å². The molecule has 1 aliphatic heterocycles. The fraction of sp³-hybridized carbons (Fsp3) is 0.500. The van der Waals surface area contributed by atoms with E-state index in [4.69, 9.17) is 0 Å². The zero-order chi connectivity index (χ0) is 18.7. The summed E-state index contributed by atoms with van der Waals surface area (Å²) in [6, 6.07) is 6.19. The highest BCUT2D eigenvalue weighted by atomic mass is 19.1. The minimum absolute atomic E-state index is 0.0324. The molecular weight excluding hydrogens is 331 g/mol. The maximum Gasteiger partial charge on any atom is 0.234 e. The molecule has 0 radical (unpaired) electrons. The molecule has 1 amide bonds. The first-order chi connectivity index (χ1) is 12.4. The Bertz CT molecular complexity index is 765. The first kappa shape index (κ1) is 18.6. The van der Waals surface area contributed by atoms with Gasteiger partial charge in [-0.25, -0.2) is 9.07 Å². The predicted octanol–water partition coefficient (Wildman–Crippen LogP) is 3.23. The minimum atomic E-state index is -0.295. The first-order valence-corrected chi connectivity index (χ1v) is 9.26. The van der Waals surface area contributed by atoms with Crippen LogP contribution in [0.15, 0.2) is 30.5 Å². The van der Waals surface area contributed by atoms with Crippen molar-refractivity contribution in [2.75, 3.05) is 19.6 Å². The van der Waals surface area contributed by atoms with Gasteiger partial charge in [0.15, 0.2) is 0 Å². The Morgan fingerprint density at radius 3 is 2.81 bits per heavy atom. The third-order valence-corrected chi connectivity index (χ3v) is 5.19. The highest BCUT2D eigenvalue weighted by Gasteiger charge is 2.20. The molecule has 2 heterocycles. The number of amides is 1. The molecule has 140 valence electrons. The molecule has 1 saturated heterocycles. The SMILES string of the molecule is Cc1c([C@@H](C)NC(=O)CN2CCC(C)CC2)cnn1-c1cccc(F)c1. The zero-order valence-electron chi connectivity index (χ0n) is 15.7. The standard InChI is InChI=1S/C20H27FN4O/c1-14-7-9-24(10-8-14)13-20(26)23-15(2)19-12-22-25(16(19)3)18-6-4-5-17(21)11-18/h4-6,11-12,14-15H,7-10,13H2,1-3H3,(H,23,26)/t15-/m1/s1. The van der Waals surface area contributed by atoms with Gasteiger partial charge in [0.1, 0.15) is 5.82 Å². The Kier molecular flexibility index (Phi) is 5.71. The van der Waals surface area contributed by atoms with Crippen molar-refractivity contribution in [1.82, 2.24) is 20.0 Å². The monoisotopic (exact) mass is 358 g/mol. The van der Waals surface area contributed by atoms with Gasteiger partial charge >= 0.3 is 0 Å². The average Bonchev–Trinajstić information content (AvgIpc) is 2.98. The molecule has 1 aliphatic rings. The number of carbonyl (C=O) groups is 1. The summed E-state index contributed by atoms with van der Waals surface area (Å²) in [6.07, 6.45) is 4.05. The van der Waals surface area contributed by atoms with E-state index in [0.29, 0.717) is 12.2 Å². The summed E-state index contributed by atoms with van der Waals surface area (Å²) in [5, 5.41) is 7.43. The minimum Gasteiger partial charge on any atom is -0.348 e. The summed E-state index contributed by atoms with van der Waals surface area (Å²) < 4.78 is 15.2. The number of rotatable bonds is 5. The molecule has 3 rings (SSSR count). The number of hydrogen-bond donors (Lipinski definition) is 1. The summed E-state index contributed by atoms with van der Waals surface area (Å²) in [4.78, 5) is 14.6. The van der Waals surface area contributed by atoms with Gasteiger partial charge in [0.05, 0.1) is 24.5 Å². The Hall–Kier alpha value is -2.21. The summed E-state index contributed by atoms with van der Waals surface area (Å²) in [6.45, 7) is 8.56. The van der Waals surface area contributed by atoms with E-state index in [2.05, 4.69) is 22.2 Å². The van der Waals surface area contributed by atoms with Crippen LogP contribution in [-0.2, 0) is 4.79 Å². The molecule has 1 N–H and O–H groups in total. The topological polar surface area (TPSA) is 50.2 Å². The van der Waals surface area contributed by atoms with Crippen molar-refractivity contribution in [3.05, 3.63) is 47.5 Å². The van der Waals surface area contributed by atoms with Crippen molar-refractivity contribution < 1.29 is 9.18 Å². The second kappa shape index (κ2) is 7.99. The van der Waals surface area contributed by atoms with Crippen molar-refractivity contribution >= 4 is 5.91 Å². The molecule has 0 saturated carbocycles. The Morgan fingerprint density at radius 1 is 1.38 bits per heavy atom. The number of carbonyl (C=O) groups excluding carboxylic acids is 1. The van der Waals surface area contributed by atoms with Crippen LogP contribution in [0.1, 0.15) is 44.0 Å². The van der Waals surface area contributed by atoms with E-state index in [9.17, 15) is 9.18 Å². The zero-order valence-corrected chi connectivity index (χ0v) is 15.7. The molecule has 1 atom stereocenters. The van der Waals surface area contributed by atoms with Crippen LogP contribution in [0.25, 0.3) is 5.69 Å². The number of nitrogens with one attached hydrogen (secondary N) is 1. The molecule has 1 aromatic carbocycles. The maximum atomic E-state index is 13.5. The van der Waals surface area contributed by atoms with Gasteiger partial charge < -0.3 is 5.32 Å². The second-order valence-electron chi connectivity index (χ2n) is 7.32. The van der Waals surface area contributed by atoms with Crippen molar-refractivity contribution in [2.24, 2.45) is 5.92 Å². The van der Waals surface area contributed by atoms with Crippen LogP contribution < -0.4 is 5.32 Å². The van der Waals surface area contributed by atoms with Crippen molar-refractivity contribution in [3.8, 4) is 5.69 Å². The highest BCUT2D eigenvalue weighted by Crippen LogP contribution is 2.21. The van der Waals surface area contributed by atoms with Crippen molar-refractivity contribution in [1.29, 1.82) is 0 Å². The van der Waals surface area contributed by atoms with E-state index in [1.807, 2.05) is 19.9 Å². The highest BCUT2D eigenvalue weighted by molar-refractivity contribution is 5.78. The molecule has 2 aromatic rings. The molecular formula is C20H27FN4O. The van der Waals surface area contributed by atoms with E-state index in [0.717, 1.165) is 43.1 Å². The molecule has 1 aromatic heterocycles. The van der Waals surface area contributed by atoms with Gasteiger partial charge in [0, 0.05) is 11.3 Å². The quantitative estimate of drug-likeness (QED) is 0.893. The number of piperidine rings is 1. The van der Waals surface area contributed by atoms with E-state index in [-0.39, 0.29) is 17.8 Å². The lowest BCUT2D eigenvalue weighted by Crippen LogP contribution is -2.41. The summed E-state index contributed by atoms with van der Waals surface area (Å²) in [7, 11) is 0. The maximum absolute atomic E-state index is 13.5. The fourth-order valence-corrected chi connectivity index (χ4v) is 3.50. The Balaban J connectivity index is 1.63. The average molecular weight is 358 g/mol. The van der Waals surface area contributed by atoms with Crippen LogP contribution in [0.3, 0.4) is 0 Å². The van der Waals surface area contributed by atoms with Crippen molar-refractivity contribution in [2.45, 2.75) is 39.7 Å². The van der Waals surface area contributed by atoms with E-state index >= 15 is 0 Å². The van der Waals surface area contributed by atoms with Crippen LogP contribution in [-0.4, -0.2) is 40.2 Å². The number of nitrogens with zero attached hydrogens (tertiary/aromatic N) is 3. The second-order valence-corrected chi connectivity index (χ2v) is 7.32. The number of likely N-dealkylation sites (tertiary alicyclic amines) is 1. The third-order valence-electron chi connectivity index (χ3n) is 5.19. The molecule has 0 unspecified atom stereocenters. The summed E-state index contributed by atoms with van der Waals surface area (Å²) in [5.74, 6) is 0.491. The lowest BCUT2D eigenvalue weighted by molar-refractivity contribution is -0.123. The summed E-state index contributed by atoms with van der Waals surface area (Å²) >= 11 is 0. The third kappa shape index (κ3) is 4.30. The predicted molar refractivity (Wildman–Crippen MR) is 99.7 cm³/mol. The molecule has 1 fully saturated rings.